The number of aryl methyl sites for hydroxylation is 1. The highest BCUT2D eigenvalue weighted by Crippen LogP contribution is 2.41. The van der Waals surface area contributed by atoms with Crippen molar-refractivity contribution < 1.29 is 9.52 Å². The minimum absolute atomic E-state index is 0.367. The molecule has 0 spiro atoms. The molecule has 2 heteroatoms. The summed E-state index contributed by atoms with van der Waals surface area (Å²) in [6.07, 6.45) is 4.29. The molecule has 0 aliphatic heterocycles. The smallest absolute Gasteiger partial charge is 0.134 e. The maximum Gasteiger partial charge on any atom is 0.134 e. The summed E-state index contributed by atoms with van der Waals surface area (Å²) in [5.41, 5.74) is 2.10. The van der Waals surface area contributed by atoms with Gasteiger partial charge in [0.05, 0.1) is 0 Å². The minimum Gasteiger partial charge on any atom is -0.458 e. The number of hydrogen-bond donors (Lipinski definition) is 1. The zero-order valence-corrected chi connectivity index (χ0v) is 11.7. The lowest BCUT2D eigenvalue weighted by molar-refractivity contribution is 0.0882. The van der Waals surface area contributed by atoms with Crippen molar-refractivity contribution in [1.82, 2.24) is 0 Å². The van der Waals surface area contributed by atoms with Crippen molar-refractivity contribution in [2.24, 2.45) is 11.8 Å². The van der Waals surface area contributed by atoms with Gasteiger partial charge in [-0.15, -0.1) is 0 Å². The van der Waals surface area contributed by atoms with E-state index in [4.69, 9.17) is 4.42 Å². The van der Waals surface area contributed by atoms with Gasteiger partial charge in [-0.25, -0.2) is 0 Å². The fourth-order valence-corrected chi connectivity index (χ4v) is 3.33. The second-order valence-electron chi connectivity index (χ2n) is 5.98. The molecule has 0 bridgehead atoms. The normalized spacial score (nSPS) is 25.0. The quantitative estimate of drug-likeness (QED) is 0.872. The summed E-state index contributed by atoms with van der Waals surface area (Å²) in [5.74, 6) is 1.89. The van der Waals surface area contributed by atoms with Crippen LogP contribution in [0.25, 0.3) is 11.0 Å². The molecule has 0 amide bonds. The van der Waals surface area contributed by atoms with Crippen molar-refractivity contribution in [1.29, 1.82) is 0 Å². The van der Waals surface area contributed by atoms with E-state index >= 15 is 0 Å². The van der Waals surface area contributed by atoms with Gasteiger partial charge in [-0.05, 0) is 49.8 Å². The van der Waals surface area contributed by atoms with Gasteiger partial charge in [0.2, 0.25) is 0 Å². The van der Waals surface area contributed by atoms with Gasteiger partial charge in [0, 0.05) is 5.39 Å². The number of fused-ring (bicyclic) bond motifs is 1. The minimum atomic E-state index is -0.441. The molecule has 1 aromatic carbocycles. The molecule has 1 saturated carbocycles. The Balaban J connectivity index is 1.83. The van der Waals surface area contributed by atoms with Crippen LogP contribution in [-0.4, -0.2) is 5.11 Å². The Morgan fingerprint density at radius 1 is 1.32 bits per heavy atom. The maximum absolute atomic E-state index is 10.5. The highest BCUT2D eigenvalue weighted by Gasteiger charge is 2.31. The van der Waals surface area contributed by atoms with E-state index in [0.717, 1.165) is 35.5 Å². The van der Waals surface area contributed by atoms with Gasteiger partial charge in [0.15, 0.2) is 0 Å². The lowest BCUT2D eigenvalue weighted by atomic mass is 9.96. The Hall–Kier alpha value is -1.28. The van der Waals surface area contributed by atoms with Crippen LogP contribution in [0.2, 0.25) is 0 Å². The summed E-state index contributed by atoms with van der Waals surface area (Å²) in [5, 5.41) is 11.6. The van der Waals surface area contributed by atoms with E-state index in [2.05, 4.69) is 19.9 Å². The van der Waals surface area contributed by atoms with Crippen LogP contribution in [0.3, 0.4) is 0 Å². The summed E-state index contributed by atoms with van der Waals surface area (Å²) in [7, 11) is 0. The second-order valence-corrected chi connectivity index (χ2v) is 5.98. The third-order valence-electron chi connectivity index (χ3n) is 4.59. The summed E-state index contributed by atoms with van der Waals surface area (Å²) in [6, 6.07) is 8.15. The number of benzene rings is 1. The molecule has 3 unspecified atom stereocenters. The number of aliphatic hydroxyl groups excluding tert-OH is 1. The first-order chi connectivity index (χ1) is 9.17. The van der Waals surface area contributed by atoms with Crippen molar-refractivity contribution in [3.63, 3.8) is 0 Å². The molecule has 1 heterocycles. The fourth-order valence-electron chi connectivity index (χ4n) is 3.33. The largest absolute Gasteiger partial charge is 0.458 e. The lowest BCUT2D eigenvalue weighted by Crippen LogP contribution is -2.08. The Kier molecular flexibility index (Phi) is 3.36. The van der Waals surface area contributed by atoms with E-state index in [1.165, 1.54) is 18.4 Å². The molecule has 3 rings (SSSR count). The average Bonchev–Trinajstić information content (AvgIpc) is 3.03. The van der Waals surface area contributed by atoms with E-state index in [-0.39, 0.29) is 0 Å². The first kappa shape index (κ1) is 12.7. The van der Waals surface area contributed by atoms with Crippen molar-refractivity contribution >= 4 is 11.0 Å². The molecule has 1 aliphatic carbocycles. The molecule has 19 heavy (non-hydrogen) atoms. The molecule has 2 aromatic rings. The first-order valence-electron chi connectivity index (χ1n) is 7.35. The summed E-state index contributed by atoms with van der Waals surface area (Å²) in [6.45, 7) is 4.31. The van der Waals surface area contributed by atoms with Crippen LogP contribution in [-0.2, 0) is 0 Å². The van der Waals surface area contributed by atoms with Gasteiger partial charge < -0.3 is 9.52 Å². The zero-order valence-electron chi connectivity index (χ0n) is 11.7. The molecule has 102 valence electrons. The molecular weight excluding hydrogens is 236 g/mol. The first-order valence-corrected chi connectivity index (χ1v) is 7.35. The van der Waals surface area contributed by atoms with Crippen molar-refractivity contribution in [2.45, 2.75) is 45.6 Å². The van der Waals surface area contributed by atoms with Crippen LogP contribution in [0.1, 0.15) is 50.0 Å². The molecule has 1 N–H and O–H groups in total. The number of aliphatic hydroxyl groups is 1. The Labute approximate surface area is 114 Å². The summed E-state index contributed by atoms with van der Waals surface area (Å²) < 4.78 is 5.82. The van der Waals surface area contributed by atoms with E-state index < -0.39 is 6.10 Å². The van der Waals surface area contributed by atoms with E-state index in [1.807, 2.05) is 18.2 Å². The predicted molar refractivity (Wildman–Crippen MR) is 77.0 cm³/mol. The van der Waals surface area contributed by atoms with E-state index in [0.29, 0.717) is 5.92 Å². The van der Waals surface area contributed by atoms with Crippen molar-refractivity contribution in [2.75, 3.05) is 0 Å². The monoisotopic (exact) mass is 258 g/mol. The SMILES string of the molecule is CCC1CCC(C(O)c2cc3cc(C)ccc3o2)C1. The average molecular weight is 258 g/mol. The van der Waals surface area contributed by atoms with Crippen LogP contribution >= 0.6 is 0 Å². The van der Waals surface area contributed by atoms with Crippen LogP contribution in [0, 0.1) is 18.8 Å². The highest BCUT2D eigenvalue weighted by molar-refractivity contribution is 5.78. The molecule has 1 aromatic heterocycles. The zero-order chi connectivity index (χ0) is 13.4. The summed E-state index contributed by atoms with van der Waals surface area (Å²) >= 11 is 0. The Bertz CT molecular complexity index is 570. The molecule has 3 atom stereocenters. The molecule has 0 saturated heterocycles. The van der Waals surface area contributed by atoms with Crippen molar-refractivity contribution in [3.8, 4) is 0 Å². The van der Waals surface area contributed by atoms with Crippen LogP contribution in [0.4, 0.5) is 0 Å². The summed E-state index contributed by atoms with van der Waals surface area (Å²) in [4.78, 5) is 0. The second kappa shape index (κ2) is 5.01. The third kappa shape index (κ3) is 2.42. The van der Waals surface area contributed by atoms with Crippen LogP contribution < -0.4 is 0 Å². The van der Waals surface area contributed by atoms with E-state index in [1.54, 1.807) is 0 Å². The Morgan fingerprint density at radius 2 is 2.16 bits per heavy atom. The van der Waals surface area contributed by atoms with Gasteiger partial charge in [0.25, 0.3) is 0 Å². The van der Waals surface area contributed by atoms with Gasteiger partial charge in [-0.1, -0.05) is 31.4 Å². The number of hydrogen-bond acceptors (Lipinski definition) is 2. The van der Waals surface area contributed by atoms with Gasteiger partial charge >= 0.3 is 0 Å². The third-order valence-corrected chi connectivity index (χ3v) is 4.59. The number of furan rings is 1. The Morgan fingerprint density at radius 3 is 2.89 bits per heavy atom. The topological polar surface area (TPSA) is 33.4 Å². The molecule has 1 fully saturated rings. The van der Waals surface area contributed by atoms with Crippen LogP contribution in [0.5, 0.6) is 0 Å². The van der Waals surface area contributed by atoms with Crippen LogP contribution in [0.15, 0.2) is 28.7 Å². The molecule has 1 aliphatic rings. The van der Waals surface area contributed by atoms with Gasteiger partial charge in [0.1, 0.15) is 17.4 Å². The predicted octanol–water partition coefficient (Wildman–Crippen LogP) is 4.60. The van der Waals surface area contributed by atoms with E-state index in [9.17, 15) is 5.11 Å². The lowest BCUT2D eigenvalue weighted by Gasteiger charge is -2.15. The maximum atomic E-state index is 10.5. The number of rotatable bonds is 3. The standard InChI is InChI=1S/C17H22O2/c1-3-12-5-6-13(9-12)17(18)16-10-14-8-11(2)4-7-15(14)19-16/h4,7-8,10,12-13,17-18H,3,5-6,9H2,1-2H3. The fraction of sp³-hybridized carbons (Fsp3) is 0.529. The highest BCUT2D eigenvalue weighted by atomic mass is 16.4. The van der Waals surface area contributed by atoms with Gasteiger partial charge in [-0.2, -0.15) is 0 Å². The van der Waals surface area contributed by atoms with Gasteiger partial charge in [-0.3, -0.25) is 0 Å². The molecular formula is C17H22O2. The molecule has 0 radical (unpaired) electrons. The molecule has 2 nitrogen and oxygen atoms in total. The van der Waals surface area contributed by atoms with Crippen molar-refractivity contribution in [3.05, 3.63) is 35.6 Å².